The molecule has 0 aliphatic carbocycles. The van der Waals surface area contributed by atoms with Gasteiger partial charge in [0.25, 0.3) is 5.91 Å². The molecule has 2 N–H and O–H groups in total. The number of esters is 1. The Labute approximate surface area is 161 Å². The number of hydrogen-bond acceptors (Lipinski definition) is 4. The Kier molecular flexibility index (Phi) is 6.04. The Hall–Kier alpha value is -2.28. The van der Waals surface area contributed by atoms with E-state index in [4.69, 9.17) is 9.47 Å². The van der Waals surface area contributed by atoms with E-state index in [2.05, 4.69) is 29.9 Å². The Balaban J connectivity index is 2.25. The molecule has 0 fully saturated rings. The molecule has 0 saturated heterocycles. The fraction of sp³-hybridized carbons (Fsp3) is 0.500. The highest BCUT2D eigenvalue weighted by Crippen LogP contribution is 2.26. The van der Waals surface area contributed by atoms with Crippen LogP contribution in [0.3, 0.4) is 0 Å². The number of ether oxygens (including phenoxy) is 2. The molecular weight excluding hydrogens is 360 g/mol. The summed E-state index contributed by atoms with van der Waals surface area (Å²) in [6, 6.07) is 7.25. The predicted molar refractivity (Wildman–Crippen MR) is 110 cm³/mol. The van der Waals surface area contributed by atoms with Gasteiger partial charge in [-0.05, 0) is 45.0 Å². The molecule has 27 heavy (non-hydrogen) atoms. The highest BCUT2D eigenvalue weighted by Gasteiger charge is 2.31. The van der Waals surface area contributed by atoms with Crippen molar-refractivity contribution < 1.29 is 19.1 Å². The lowest BCUT2D eigenvalue weighted by atomic mass is 10.2. The fourth-order valence-electron chi connectivity index (χ4n) is 2.84. The first-order valence-corrected chi connectivity index (χ1v) is 12.8. The normalized spacial score (nSPS) is 13.3. The zero-order chi connectivity index (χ0) is 20.4. The number of carbonyl (C=O) groups excluding carboxylic acids is 2. The third kappa shape index (κ3) is 5.85. The summed E-state index contributed by atoms with van der Waals surface area (Å²) in [5.74, 6) is -0.0390. The third-order valence-corrected chi connectivity index (χ3v) is 5.53. The molecule has 0 spiro atoms. The molecule has 1 heterocycles. The van der Waals surface area contributed by atoms with Gasteiger partial charge in [-0.3, -0.25) is 4.79 Å². The van der Waals surface area contributed by atoms with Crippen molar-refractivity contribution in [2.45, 2.75) is 58.1 Å². The van der Waals surface area contributed by atoms with Gasteiger partial charge in [-0.25, -0.2) is 4.79 Å². The highest BCUT2D eigenvalue weighted by molar-refractivity contribution is 6.76. The molecule has 1 aromatic carbocycles. The van der Waals surface area contributed by atoms with Crippen LogP contribution in [0.5, 0.6) is 5.75 Å². The molecule has 0 radical (unpaired) electrons. The number of aromatic amines is 1. The topological polar surface area (TPSA) is 80.4 Å². The number of rotatable bonds is 6. The van der Waals surface area contributed by atoms with E-state index in [1.54, 1.807) is 13.2 Å². The smallest absolute Gasteiger partial charge is 0.328 e. The monoisotopic (exact) mass is 390 g/mol. The Morgan fingerprint density at radius 3 is 2.44 bits per heavy atom. The number of nitrogens with one attached hydrogen (secondary N) is 2. The Morgan fingerprint density at radius 1 is 1.22 bits per heavy atom. The van der Waals surface area contributed by atoms with E-state index in [0.717, 1.165) is 10.9 Å². The lowest BCUT2D eigenvalue weighted by Gasteiger charge is -2.28. The number of aromatic nitrogens is 1. The van der Waals surface area contributed by atoms with Crippen LogP contribution >= 0.6 is 0 Å². The van der Waals surface area contributed by atoms with Gasteiger partial charge < -0.3 is 19.8 Å². The van der Waals surface area contributed by atoms with Crippen molar-refractivity contribution in [1.29, 1.82) is 0 Å². The maximum Gasteiger partial charge on any atom is 0.328 e. The molecule has 6 nitrogen and oxygen atoms in total. The summed E-state index contributed by atoms with van der Waals surface area (Å²) in [7, 11) is -0.0272. The second-order valence-corrected chi connectivity index (χ2v) is 14.5. The van der Waals surface area contributed by atoms with Crippen LogP contribution in [0.15, 0.2) is 24.3 Å². The molecule has 0 unspecified atom stereocenters. The van der Waals surface area contributed by atoms with E-state index in [0.29, 0.717) is 17.5 Å². The summed E-state index contributed by atoms with van der Waals surface area (Å²) >= 11 is 0. The third-order valence-electron chi connectivity index (χ3n) is 3.90. The number of methoxy groups -OCH3 is 1. The van der Waals surface area contributed by atoms with Crippen molar-refractivity contribution >= 4 is 30.9 Å². The average molecular weight is 391 g/mol. The molecule has 1 aromatic heterocycles. The molecule has 2 aromatic rings. The van der Waals surface area contributed by atoms with Crippen molar-refractivity contribution in [3.63, 3.8) is 0 Å². The van der Waals surface area contributed by atoms with Crippen LogP contribution < -0.4 is 10.1 Å². The van der Waals surface area contributed by atoms with Crippen LogP contribution in [-0.2, 0) is 9.53 Å². The van der Waals surface area contributed by atoms with Crippen LogP contribution in [0.25, 0.3) is 10.9 Å². The van der Waals surface area contributed by atoms with Crippen LogP contribution in [0.4, 0.5) is 0 Å². The Bertz CT molecular complexity index is 831. The zero-order valence-corrected chi connectivity index (χ0v) is 18.2. The molecule has 2 rings (SSSR count). The first kappa shape index (κ1) is 21.0. The molecule has 1 amide bonds. The standard InChI is InChI=1S/C20H30N2O4Si/c1-20(2,3)26-19(24)16(12-27(5,6)7)22-18(23)15-11-13-14(21-15)9-8-10-17(13)25-4/h8-11,16,21H,12H2,1-7H3,(H,22,23)/t16-/m0/s1. The van der Waals surface area contributed by atoms with E-state index >= 15 is 0 Å². The van der Waals surface area contributed by atoms with Crippen LogP contribution in [0, 0.1) is 0 Å². The van der Waals surface area contributed by atoms with Gasteiger partial charge in [0.05, 0.1) is 7.11 Å². The van der Waals surface area contributed by atoms with Crippen LogP contribution in [0.2, 0.25) is 25.7 Å². The number of fused-ring (bicyclic) bond motifs is 1. The average Bonchev–Trinajstić information content (AvgIpc) is 2.95. The van der Waals surface area contributed by atoms with Crippen LogP contribution in [0.1, 0.15) is 31.3 Å². The van der Waals surface area contributed by atoms with Crippen molar-refractivity contribution in [2.75, 3.05) is 7.11 Å². The van der Waals surface area contributed by atoms with Crippen molar-refractivity contribution in [1.82, 2.24) is 10.3 Å². The van der Waals surface area contributed by atoms with Gasteiger partial charge in [0.1, 0.15) is 23.1 Å². The van der Waals surface area contributed by atoms with E-state index in [1.807, 2.05) is 39.0 Å². The van der Waals surface area contributed by atoms with E-state index in [-0.39, 0.29) is 5.91 Å². The molecule has 0 bridgehead atoms. The van der Waals surface area contributed by atoms with Gasteiger partial charge >= 0.3 is 5.97 Å². The van der Waals surface area contributed by atoms with Gasteiger partial charge in [0, 0.05) is 19.0 Å². The van der Waals surface area contributed by atoms with Crippen molar-refractivity contribution in [3.05, 3.63) is 30.0 Å². The van der Waals surface area contributed by atoms with Gasteiger partial charge in [-0.1, -0.05) is 25.7 Å². The minimum atomic E-state index is -1.62. The largest absolute Gasteiger partial charge is 0.496 e. The summed E-state index contributed by atoms with van der Waals surface area (Å²) < 4.78 is 10.9. The number of benzene rings is 1. The molecule has 7 heteroatoms. The maximum atomic E-state index is 12.8. The summed E-state index contributed by atoms with van der Waals surface area (Å²) in [4.78, 5) is 28.5. The predicted octanol–water partition coefficient (Wildman–Crippen LogP) is 3.95. The quantitative estimate of drug-likeness (QED) is 0.578. The minimum Gasteiger partial charge on any atom is -0.496 e. The van der Waals surface area contributed by atoms with E-state index in [1.165, 1.54) is 0 Å². The van der Waals surface area contributed by atoms with Gasteiger partial charge in [-0.15, -0.1) is 0 Å². The summed E-state index contributed by atoms with van der Waals surface area (Å²) in [5, 5.41) is 3.68. The SMILES string of the molecule is COc1cccc2[nH]c(C(=O)N[C@@H](C[Si](C)(C)C)C(=O)OC(C)(C)C)cc12. The second kappa shape index (κ2) is 7.76. The molecular formula is C20H30N2O4Si. The Morgan fingerprint density at radius 2 is 1.89 bits per heavy atom. The highest BCUT2D eigenvalue weighted by atomic mass is 28.3. The first-order valence-electron chi connectivity index (χ1n) is 9.09. The molecule has 1 atom stereocenters. The lowest BCUT2D eigenvalue weighted by molar-refractivity contribution is -0.156. The number of amides is 1. The van der Waals surface area contributed by atoms with Gasteiger partial charge in [0.2, 0.25) is 0 Å². The minimum absolute atomic E-state index is 0.331. The summed E-state index contributed by atoms with van der Waals surface area (Å²) in [6.07, 6.45) is 0. The van der Waals surface area contributed by atoms with Crippen molar-refractivity contribution in [3.8, 4) is 5.75 Å². The number of carbonyl (C=O) groups is 2. The van der Waals surface area contributed by atoms with Crippen LogP contribution in [-0.4, -0.2) is 43.7 Å². The van der Waals surface area contributed by atoms with Gasteiger partial charge in [0.15, 0.2) is 0 Å². The molecule has 148 valence electrons. The van der Waals surface area contributed by atoms with E-state index in [9.17, 15) is 9.59 Å². The number of H-pyrrole nitrogens is 1. The molecule has 0 aliphatic rings. The number of hydrogen-bond donors (Lipinski definition) is 2. The summed E-state index contributed by atoms with van der Waals surface area (Å²) in [6.45, 7) is 11.9. The molecule has 0 saturated carbocycles. The maximum absolute atomic E-state index is 12.8. The summed E-state index contributed by atoms with van der Waals surface area (Å²) in [5.41, 5.74) is 0.589. The first-order chi connectivity index (χ1) is 12.4. The van der Waals surface area contributed by atoms with Crippen molar-refractivity contribution in [2.24, 2.45) is 0 Å². The zero-order valence-electron chi connectivity index (χ0n) is 17.2. The second-order valence-electron chi connectivity index (χ2n) is 8.93. The fourth-order valence-corrected chi connectivity index (χ4v) is 4.34. The van der Waals surface area contributed by atoms with E-state index < -0.39 is 25.7 Å². The lowest BCUT2D eigenvalue weighted by Crippen LogP contribution is -2.47. The van der Waals surface area contributed by atoms with Gasteiger partial charge in [-0.2, -0.15) is 0 Å². The molecule has 0 aliphatic heterocycles.